The van der Waals surface area contributed by atoms with Crippen LogP contribution in [0.3, 0.4) is 0 Å². The molecule has 0 aliphatic carbocycles. The minimum absolute atomic E-state index is 0.775. The maximum Gasteiger partial charge on any atom is 0.0749 e. The highest BCUT2D eigenvalue weighted by Crippen LogP contribution is 2.15. The van der Waals surface area contributed by atoms with Crippen molar-refractivity contribution < 1.29 is 5.21 Å². The quantitative estimate of drug-likeness (QED) is 0.458. The van der Waals surface area contributed by atoms with Gasteiger partial charge in [-0.15, -0.1) is 0 Å². The van der Waals surface area contributed by atoms with Gasteiger partial charge in [0, 0.05) is 17.3 Å². The molecule has 2 rings (SSSR count). The Bertz CT molecular complexity index is 449. The Morgan fingerprint density at radius 3 is 2.47 bits per heavy atom. The lowest BCUT2D eigenvalue weighted by atomic mass is 10.1. The van der Waals surface area contributed by atoms with Crippen molar-refractivity contribution in [3.63, 3.8) is 0 Å². The smallest absolute Gasteiger partial charge is 0.0749 e. The first kappa shape index (κ1) is 9.40. The van der Waals surface area contributed by atoms with Crippen LogP contribution in [0.2, 0.25) is 0 Å². The molecular weight excluding hydrogens is 188 g/mol. The second-order valence-electron chi connectivity index (χ2n) is 3.09. The molecule has 0 spiro atoms. The Hall–Kier alpha value is -2.16. The number of rotatable bonds is 2. The Kier molecular flexibility index (Phi) is 2.74. The van der Waals surface area contributed by atoms with E-state index in [1.165, 1.54) is 6.21 Å². The molecule has 0 atom stereocenters. The molecule has 15 heavy (non-hydrogen) atoms. The largest absolute Gasteiger partial charge is 0.411 e. The second-order valence-corrected chi connectivity index (χ2v) is 3.09. The highest BCUT2D eigenvalue weighted by atomic mass is 16.4. The van der Waals surface area contributed by atoms with Crippen molar-refractivity contribution in [3.8, 4) is 11.3 Å². The van der Waals surface area contributed by atoms with Crippen molar-refractivity contribution >= 4 is 6.21 Å². The Labute approximate surface area is 87.7 Å². The zero-order chi connectivity index (χ0) is 10.5. The summed E-state index contributed by atoms with van der Waals surface area (Å²) in [6.07, 6.45) is 3.02. The van der Waals surface area contributed by atoms with Gasteiger partial charge in [-0.2, -0.15) is 0 Å². The summed E-state index contributed by atoms with van der Waals surface area (Å²) in [6.45, 7) is 0. The van der Waals surface area contributed by atoms with Gasteiger partial charge in [0.05, 0.1) is 11.9 Å². The lowest BCUT2D eigenvalue weighted by molar-refractivity contribution is 0.322. The van der Waals surface area contributed by atoms with Gasteiger partial charge in [0.1, 0.15) is 0 Å². The maximum absolute atomic E-state index is 8.35. The van der Waals surface area contributed by atoms with E-state index in [-0.39, 0.29) is 0 Å². The topological polar surface area (TPSA) is 45.5 Å². The first-order chi connectivity index (χ1) is 7.40. The molecule has 0 amide bonds. The summed E-state index contributed by atoms with van der Waals surface area (Å²) in [6, 6.07) is 13.7. The van der Waals surface area contributed by atoms with Crippen LogP contribution in [0.4, 0.5) is 0 Å². The summed E-state index contributed by atoms with van der Waals surface area (Å²) < 4.78 is 0. The molecule has 3 nitrogen and oxygen atoms in total. The normalized spacial score (nSPS) is 10.7. The Morgan fingerprint density at radius 1 is 1.07 bits per heavy atom. The van der Waals surface area contributed by atoms with Crippen molar-refractivity contribution in [3.05, 3.63) is 54.2 Å². The van der Waals surface area contributed by atoms with Crippen molar-refractivity contribution in [2.24, 2.45) is 5.16 Å². The van der Waals surface area contributed by atoms with E-state index in [0.29, 0.717) is 0 Å². The van der Waals surface area contributed by atoms with Gasteiger partial charge in [0.15, 0.2) is 0 Å². The molecule has 0 unspecified atom stereocenters. The summed E-state index contributed by atoms with van der Waals surface area (Å²) in [7, 11) is 0. The van der Waals surface area contributed by atoms with E-state index < -0.39 is 0 Å². The van der Waals surface area contributed by atoms with Gasteiger partial charge in [-0.25, -0.2) is 0 Å². The molecule has 1 N–H and O–H groups in total. The minimum Gasteiger partial charge on any atom is -0.411 e. The predicted molar refractivity (Wildman–Crippen MR) is 59.1 cm³/mol. The lowest BCUT2D eigenvalue weighted by Crippen LogP contribution is -1.86. The van der Waals surface area contributed by atoms with Gasteiger partial charge in [-0.3, -0.25) is 4.98 Å². The molecule has 0 saturated heterocycles. The third-order valence-corrected chi connectivity index (χ3v) is 2.06. The summed E-state index contributed by atoms with van der Waals surface area (Å²) in [5.41, 5.74) is 2.76. The molecule has 74 valence electrons. The fraction of sp³-hybridized carbons (Fsp3) is 0. The van der Waals surface area contributed by atoms with Crippen LogP contribution < -0.4 is 0 Å². The van der Waals surface area contributed by atoms with Crippen molar-refractivity contribution in [1.82, 2.24) is 4.98 Å². The highest BCUT2D eigenvalue weighted by molar-refractivity contribution is 5.79. The van der Waals surface area contributed by atoms with Crippen LogP contribution in [0.5, 0.6) is 0 Å². The third-order valence-electron chi connectivity index (χ3n) is 2.06. The van der Waals surface area contributed by atoms with Crippen LogP contribution in [0.25, 0.3) is 11.3 Å². The summed E-state index contributed by atoms with van der Waals surface area (Å²) in [4.78, 5) is 4.27. The molecule has 1 aromatic carbocycles. The van der Waals surface area contributed by atoms with E-state index in [4.69, 9.17) is 5.21 Å². The monoisotopic (exact) mass is 198 g/mol. The molecule has 2 aromatic rings. The molecular formula is C12H10N2O. The zero-order valence-electron chi connectivity index (χ0n) is 8.04. The van der Waals surface area contributed by atoms with E-state index in [0.717, 1.165) is 16.8 Å². The number of nitrogens with zero attached hydrogens (tertiary/aromatic N) is 2. The first-order valence-corrected chi connectivity index (χ1v) is 4.59. The van der Waals surface area contributed by atoms with E-state index in [1.54, 1.807) is 6.20 Å². The predicted octanol–water partition coefficient (Wildman–Crippen LogP) is 2.56. The summed E-state index contributed by atoms with van der Waals surface area (Å²) in [5, 5.41) is 11.3. The van der Waals surface area contributed by atoms with E-state index in [1.807, 2.05) is 42.5 Å². The van der Waals surface area contributed by atoms with Gasteiger partial charge in [0.25, 0.3) is 0 Å². The molecule has 0 aliphatic rings. The highest BCUT2D eigenvalue weighted by Gasteiger charge is 1.97. The van der Waals surface area contributed by atoms with Crippen LogP contribution in [0, 0.1) is 0 Å². The summed E-state index contributed by atoms with van der Waals surface area (Å²) in [5.74, 6) is 0. The molecule has 1 aromatic heterocycles. The molecule has 3 heteroatoms. The fourth-order valence-corrected chi connectivity index (χ4v) is 1.33. The minimum atomic E-state index is 0.775. The number of oxime groups is 1. The van der Waals surface area contributed by atoms with Crippen LogP contribution >= 0.6 is 0 Å². The van der Waals surface area contributed by atoms with E-state index in [9.17, 15) is 0 Å². The van der Waals surface area contributed by atoms with E-state index >= 15 is 0 Å². The SMILES string of the molecule is ON=Cc1ccc(-c2ccccc2)nc1. The fourth-order valence-electron chi connectivity index (χ4n) is 1.33. The lowest BCUT2D eigenvalue weighted by Gasteiger charge is -1.99. The average Bonchev–Trinajstić information content (AvgIpc) is 2.32. The van der Waals surface area contributed by atoms with Crippen molar-refractivity contribution in [1.29, 1.82) is 0 Å². The number of hydrogen-bond acceptors (Lipinski definition) is 3. The van der Waals surface area contributed by atoms with Crippen LogP contribution in [0.15, 0.2) is 53.8 Å². The van der Waals surface area contributed by atoms with Gasteiger partial charge < -0.3 is 5.21 Å². The molecule has 0 aliphatic heterocycles. The van der Waals surface area contributed by atoms with Crippen molar-refractivity contribution in [2.45, 2.75) is 0 Å². The molecule has 0 bridgehead atoms. The molecule has 1 heterocycles. The van der Waals surface area contributed by atoms with Gasteiger partial charge in [0.2, 0.25) is 0 Å². The summed E-state index contributed by atoms with van der Waals surface area (Å²) >= 11 is 0. The third kappa shape index (κ3) is 2.20. The number of benzene rings is 1. The standard InChI is InChI=1S/C12H10N2O/c15-14-9-10-6-7-12(13-8-10)11-4-2-1-3-5-11/h1-9,15H. The number of aromatic nitrogens is 1. The van der Waals surface area contributed by atoms with Gasteiger partial charge in [-0.1, -0.05) is 35.5 Å². The van der Waals surface area contributed by atoms with Gasteiger partial charge in [-0.05, 0) is 12.1 Å². The van der Waals surface area contributed by atoms with Gasteiger partial charge >= 0.3 is 0 Å². The number of hydrogen-bond donors (Lipinski definition) is 1. The Morgan fingerprint density at radius 2 is 1.87 bits per heavy atom. The first-order valence-electron chi connectivity index (χ1n) is 4.59. The van der Waals surface area contributed by atoms with Crippen molar-refractivity contribution in [2.75, 3.05) is 0 Å². The molecule has 0 fully saturated rings. The zero-order valence-corrected chi connectivity index (χ0v) is 8.04. The molecule has 0 saturated carbocycles. The van der Waals surface area contributed by atoms with Crippen LogP contribution in [-0.2, 0) is 0 Å². The molecule has 0 radical (unpaired) electrons. The second kappa shape index (κ2) is 4.37. The number of pyridine rings is 1. The van der Waals surface area contributed by atoms with E-state index in [2.05, 4.69) is 10.1 Å². The average molecular weight is 198 g/mol. The van der Waals surface area contributed by atoms with Crippen LogP contribution in [0.1, 0.15) is 5.56 Å². The van der Waals surface area contributed by atoms with Crippen LogP contribution in [-0.4, -0.2) is 16.4 Å². The maximum atomic E-state index is 8.35. The Balaban J connectivity index is 2.32.